The van der Waals surface area contributed by atoms with Crippen LogP contribution >= 0.6 is 15.9 Å². The Hall–Kier alpha value is -2.91. The zero-order chi connectivity index (χ0) is 26.7. The van der Waals surface area contributed by atoms with E-state index in [1.807, 2.05) is 56.3 Å². The van der Waals surface area contributed by atoms with E-state index in [2.05, 4.69) is 21.2 Å². The number of halogens is 1. The molecular weight excluding hydrogens is 554 g/mol. The largest absolute Gasteiger partial charge is 0.352 e. The number of carbonyl (C=O) groups is 2. The van der Waals surface area contributed by atoms with Crippen LogP contribution in [0.25, 0.3) is 10.8 Å². The number of carbonyl (C=O) groups excluding carboxylic acids is 2. The van der Waals surface area contributed by atoms with Gasteiger partial charge in [0.2, 0.25) is 11.8 Å². The number of nitrogens with one attached hydrogen (secondary N) is 1. The molecule has 37 heavy (non-hydrogen) atoms. The monoisotopic (exact) mass is 585 g/mol. The minimum absolute atomic E-state index is 0.00230. The smallest absolute Gasteiger partial charge is 0.265 e. The normalized spacial score (nSPS) is 15.4. The number of hydrogen-bond donors (Lipinski definition) is 1. The van der Waals surface area contributed by atoms with E-state index in [0.717, 1.165) is 27.2 Å². The fraction of sp³-hybridized carbons (Fsp3) is 0.357. The molecule has 0 radical (unpaired) electrons. The molecule has 0 unspecified atom stereocenters. The van der Waals surface area contributed by atoms with Gasteiger partial charge in [0.25, 0.3) is 10.0 Å². The van der Waals surface area contributed by atoms with Gasteiger partial charge in [-0.2, -0.15) is 0 Å². The minimum atomic E-state index is -3.68. The van der Waals surface area contributed by atoms with Gasteiger partial charge in [-0.1, -0.05) is 59.3 Å². The van der Waals surface area contributed by atoms with E-state index in [1.54, 1.807) is 30.0 Å². The summed E-state index contributed by atoms with van der Waals surface area (Å²) in [7, 11) is -3.68. The lowest BCUT2D eigenvalue weighted by Crippen LogP contribution is -2.49. The first kappa shape index (κ1) is 27.1. The third-order valence-corrected chi connectivity index (χ3v) is 9.19. The molecule has 0 saturated heterocycles. The van der Waals surface area contributed by atoms with E-state index in [0.29, 0.717) is 17.0 Å². The van der Waals surface area contributed by atoms with E-state index < -0.39 is 16.1 Å². The number of benzene rings is 3. The van der Waals surface area contributed by atoms with E-state index in [4.69, 9.17) is 0 Å². The fourth-order valence-corrected chi connectivity index (χ4v) is 6.79. The highest BCUT2D eigenvalue weighted by molar-refractivity contribution is 9.10. The summed E-state index contributed by atoms with van der Waals surface area (Å²) >= 11 is 3.47. The Kier molecular flexibility index (Phi) is 8.23. The van der Waals surface area contributed by atoms with Crippen molar-refractivity contribution in [2.75, 3.05) is 10.8 Å². The summed E-state index contributed by atoms with van der Waals surface area (Å²) in [5.41, 5.74) is 1.54. The number of anilines is 1. The second kappa shape index (κ2) is 11.2. The summed E-state index contributed by atoms with van der Waals surface area (Å²) in [6.07, 6.45) is 1.24. The van der Waals surface area contributed by atoms with Crippen LogP contribution < -0.4 is 9.62 Å². The lowest BCUT2D eigenvalue weighted by molar-refractivity contribution is -0.140. The first-order chi connectivity index (χ1) is 17.6. The molecule has 2 amide bonds. The van der Waals surface area contributed by atoms with Gasteiger partial charge in [0.1, 0.15) is 6.04 Å². The van der Waals surface area contributed by atoms with Crippen molar-refractivity contribution in [2.45, 2.75) is 63.6 Å². The molecule has 0 fully saturated rings. The Morgan fingerprint density at radius 1 is 1.05 bits per heavy atom. The average molecular weight is 587 g/mol. The summed E-state index contributed by atoms with van der Waals surface area (Å²) in [5.74, 6) is -0.402. The van der Waals surface area contributed by atoms with Crippen molar-refractivity contribution >= 4 is 54.2 Å². The highest BCUT2D eigenvalue weighted by atomic mass is 79.9. The lowest BCUT2D eigenvalue weighted by atomic mass is 10.1. The van der Waals surface area contributed by atoms with E-state index in [9.17, 15) is 18.0 Å². The maximum atomic E-state index is 13.4. The number of hydrogen-bond acceptors (Lipinski definition) is 4. The van der Waals surface area contributed by atoms with Crippen LogP contribution in [0.3, 0.4) is 0 Å². The highest BCUT2D eigenvalue weighted by Crippen LogP contribution is 2.42. The SMILES string of the molecule is CC[C@@H](C)NC(=O)[C@H](C)N(Cc1cccc(Br)c1)C(=O)CCCN1c2cccc3cccc(c23)S1(=O)=O. The van der Waals surface area contributed by atoms with Gasteiger partial charge in [-0.3, -0.25) is 13.9 Å². The van der Waals surface area contributed by atoms with Gasteiger partial charge >= 0.3 is 0 Å². The van der Waals surface area contributed by atoms with Crippen molar-refractivity contribution < 1.29 is 18.0 Å². The lowest BCUT2D eigenvalue weighted by Gasteiger charge is -2.30. The second-order valence-electron chi connectivity index (χ2n) is 9.46. The van der Waals surface area contributed by atoms with Crippen molar-refractivity contribution in [3.8, 4) is 0 Å². The predicted molar refractivity (Wildman–Crippen MR) is 150 cm³/mol. The quantitative estimate of drug-likeness (QED) is 0.353. The third-order valence-electron chi connectivity index (χ3n) is 6.84. The van der Waals surface area contributed by atoms with Gasteiger partial charge in [-0.25, -0.2) is 8.42 Å². The average Bonchev–Trinajstić information content (AvgIpc) is 3.09. The third kappa shape index (κ3) is 5.67. The molecule has 1 heterocycles. The van der Waals surface area contributed by atoms with Crippen molar-refractivity contribution in [3.63, 3.8) is 0 Å². The molecule has 4 rings (SSSR count). The molecule has 1 aliphatic heterocycles. The second-order valence-corrected chi connectivity index (χ2v) is 12.2. The number of rotatable bonds is 10. The Balaban J connectivity index is 1.50. The summed E-state index contributed by atoms with van der Waals surface area (Å²) in [6.45, 7) is 6.11. The van der Waals surface area contributed by atoms with Crippen molar-refractivity contribution in [3.05, 3.63) is 70.7 Å². The van der Waals surface area contributed by atoms with Crippen molar-refractivity contribution in [1.82, 2.24) is 10.2 Å². The van der Waals surface area contributed by atoms with E-state index >= 15 is 0 Å². The topological polar surface area (TPSA) is 86.8 Å². The Morgan fingerprint density at radius 3 is 2.46 bits per heavy atom. The van der Waals surface area contributed by atoms with Crippen LogP contribution in [0.15, 0.2) is 70.0 Å². The maximum Gasteiger partial charge on any atom is 0.265 e. The van der Waals surface area contributed by atoms with Crippen LogP contribution in [0.4, 0.5) is 5.69 Å². The van der Waals surface area contributed by atoms with Crippen LogP contribution in [-0.2, 0) is 26.2 Å². The fourth-order valence-electron chi connectivity index (χ4n) is 4.60. The minimum Gasteiger partial charge on any atom is -0.352 e. The number of nitrogens with zero attached hydrogens (tertiary/aromatic N) is 2. The number of amides is 2. The maximum absolute atomic E-state index is 13.4. The summed E-state index contributed by atoms with van der Waals surface area (Å²) in [5, 5.41) is 4.56. The van der Waals surface area contributed by atoms with Gasteiger partial charge in [-0.15, -0.1) is 0 Å². The molecule has 0 aliphatic carbocycles. The summed E-state index contributed by atoms with van der Waals surface area (Å²) < 4.78 is 28.8. The Labute approximate surface area is 227 Å². The standard InChI is InChI=1S/C28H32BrN3O4S/c1-4-19(2)30-28(34)20(3)31(18-21-9-5-12-23(29)17-21)26(33)15-8-16-32-24-13-6-10-22-11-7-14-25(27(22)24)37(32,35)36/h5-7,9-14,17,19-20H,4,8,15-16,18H2,1-3H3,(H,30,34)/t19-,20+/m1/s1. The van der Waals surface area contributed by atoms with Gasteiger partial charge in [0.05, 0.1) is 10.6 Å². The molecule has 0 spiro atoms. The number of sulfonamides is 1. The molecule has 3 aromatic carbocycles. The molecule has 7 nitrogen and oxygen atoms in total. The van der Waals surface area contributed by atoms with Gasteiger partial charge < -0.3 is 10.2 Å². The molecule has 0 aromatic heterocycles. The van der Waals surface area contributed by atoms with Gasteiger partial charge in [0.15, 0.2) is 0 Å². The van der Waals surface area contributed by atoms with E-state index in [1.165, 1.54) is 4.31 Å². The molecule has 0 bridgehead atoms. The van der Waals surface area contributed by atoms with Gasteiger partial charge in [-0.05, 0) is 61.9 Å². The van der Waals surface area contributed by atoms with Crippen LogP contribution in [0.5, 0.6) is 0 Å². The predicted octanol–water partition coefficient (Wildman–Crippen LogP) is 5.22. The van der Waals surface area contributed by atoms with E-state index in [-0.39, 0.29) is 37.4 Å². The van der Waals surface area contributed by atoms with Crippen LogP contribution in [-0.4, -0.2) is 43.8 Å². The first-order valence-corrected chi connectivity index (χ1v) is 14.8. The molecular formula is C28H32BrN3O4S. The zero-order valence-corrected chi connectivity index (χ0v) is 23.7. The zero-order valence-electron chi connectivity index (χ0n) is 21.3. The van der Waals surface area contributed by atoms with Crippen molar-refractivity contribution in [1.29, 1.82) is 0 Å². The molecule has 1 aliphatic rings. The molecule has 3 aromatic rings. The van der Waals surface area contributed by atoms with Crippen LogP contribution in [0.1, 0.15) is 45.6 Å². The Morgan fingerprint density at radius 2 is 1.76 bits per heavy atom. The summed E-state index contributed by atoms with van der Waals surface area (Å²) in [4.78, 5) is 28.2. The Bertz CT molecular complexity index is 1420. The van der Waals surface area contributed by atoms with Crippen LogP contribution in [0, 0.1) is 0 Å². The first-order valence-electron chi connectivity index (χ1n) is 12.5. The molecule has 0 saturated carbocycles. The summed E-state index contributed by atoms with van der Waals surface area (Å²) in [6, 6.07) is 17.8. The van der Waals surface area contributed by atoms with Gasteiger partial charge in [0, 0.05) is 35.4 Å². The van der Waals surface area contributed by atoms with Crippen molar-refractivity contribution in [2.24, 2.45) is 0 Å². The highest BCUT2D eigenvalue weighted by Gasteiger charge is 2.35. The van der Waals surface area contributed by atoms with Crippen LogP contribution in [0.2, 0.25) is 0 Å². The molecule has 9 heteroatoms. The molecule has 2 atom stereocenters. The molecule has 196 valence electrons. The molecule has 1 N–H and O–H groups in total.